The Bertz CT molecular complexity index is 853. The average Bonchev–Trinajstić information content (AvgIpc) is 3.09. The summed E-state index contributed by atoms with van der Waals surface area (Å²) in [5.41, 5.74) is 3.23. The lowest BCUT2D eigenvalue weighted by Crippen LogP contribution is -2.31. The van der Waals surface area contributed by atoms with Crippen LogP contribution in [0.4, 0.5) is 0 Å². The van der Waals surface area contributed by atoms with E-state index in [0.717, 1.165) is 52.0 Å². The van der Waals surface area contributed by atoms with Crippen LogP contribution in [0.5, 0.6) is 5.75 Å². The Hall–Kier alpha value is -1.85. The molecule has 0 unspecified atom stereocenters. The highest BCUT2D eigenvalue weighted by atomic mass is 79.9. The van der Waals surface area contributed by atoms with Crippen LogP contribution in [0.15, 0.2) is 47.2 Å². The van der Waals surface area contributed by atoms with Gasteiger partial charge in [0.15, 0.2) is 0 Å². The number of H-pyrrole nitrogens is 1. The molecule has 1 aromatic carbocycles. The van der Waals surface area contributed by atoms with Gasteiger partial charge in [-0.05, 0) is 72.0 Å². The van der Waals surface area contributed by atoms with Gasteiger partial charge in [0.25, 0.3) is 0 Å². The van der Waals surface area contributed by atoms with E-state index in [4.69, 9.17) is 4.74 Å². The minimum Gasteiger partial charge on any atom is -0.494 e. The monoisotopic (exact) mass is 413 g/mol. The smallest absolute Gasteiger partial charge is 0.137 e. The zero-order valence-corrected chi connectivity index (χ0v) is 16.5. The van der Waals surface area contributed by atoms with Crippen molar-refractivity contribution in [2.24, 2.45) is 0 Å². The number of benzene rings is 1. The third-order valence-corrected chi connectivity index (χ3v) is 5.43. The number of aromatic amines is 1. The van der Waals surface area contributed by atoms with E-state index in [2.05, 4.69) is 61.1 Å². The third-order valence-electron chi connectivity index (χ3n) is 5.00. The van der Waals surface area contributed by atoms with Gasteiger partial charge in [0.2, 0.25) is 0 Å². The lowest BCUT2D eigenvalue weighted by Gasteiger charge is -2.26. The number of hydrogen-bond acceptors (Lipinski definition) is 3. The summed E-state index contributed by atoms with van der Waals surface area (Å²) in [4.78, 5) is 10.2. The molecule has 5 heteroatoms. The normalized spacial score (nSPS) is 15.4. The van der Waals surface area contributed by atoms with Crippen LogP contribution >= 0.6 is 15.9 Å². The number of nitrogens with zero attached hydrogens (tertiary/aromatic N) is 2. The van der Waals surface area contributed by atoms with E-state index in [1.807, 2.05) is 12.4 Å². The van der Waals surface area contributed by atoms with Crippen molar-refractivity contribution >= 4 is 27.0 Å². The standard InChI is InChI=1S/C21H24BrN3O/c22-17-13-19-20(15-24-21(19)23-14-17)16-5-7-18(8-6-16)26-12-4-11-25-9-2-1-3-10-25/h5-8,13-15H,1-4,9-12H2,(H,23,24). The van der Waals surface area contributed by atoms with Gasteiger partial charge in [-0.1, -0.05) is 18.6 Å². The molecule has 1 fully saturated rings. The Balaban J connectivity index is 1.35. The molecule has 3 heterocycles. The maximum Gasteiger partial charge on any atom is 0.137 e. The van der Waals surface area contributed by atoms with Crippen LogP contribution in [0.2, 0.25) is 0 Å². The summed E-state index contributed by atoms with van der Waals surface area (Å²) in [5.74, 6) is 0.937. The van der Waals surface area contributed by atoms with Gasteiger partial charge in [0, 0.05) is 34.4 Å². The first-order valence-electron chi connectivity index (χ1n) is 9.38. The average molecular weight is 414 g/mol. The van der Waals surface area contributed by atoms with E-state index in [9.17, 15) is 0 Å². The SMILES string of the molecule is Brc1cnc2[nH]cc(-c3ccc(OCCCN4CCCCC4)cc3)c2c1. The minimum absolute atomic E-state index is 0.778. The van der Waals surface area contributed by atoms with Crippen LogP contribution in [0.1, 0.15) is 25.7 Å². The second-order valence-electron chi connectivity index (χ2n) is 6.88. The van der Waals surface area contributed by atoms with E-state index in [0.29, 0.717) is 0 Å². The zero-order chi connectivity index (χ0) is 17.8. The van der Waals surface area contributed by atoms with E-state index in [1.54, 1.807) is 0 Å². The second kappa shape index (κ2) is 8.23. The quantitative estimate of drug-likeness (QED) is 0.561. The molecule has 0 spiro atoms. The number of fused-ring (bicyclic) bond motifs is 1. The molecule has 26 heavy (non-hydrogen) atoms. The largest absolute Gasteiger partial charge is 0.494 e. The molecule has 136 valence electrons. The van der Waals surface area contributed by atoms with Crippen LogP contribution in [-0.2, 0) is 0 Å². The van der Waals surface area contributed by atoms with E-state index >= 15 is 0 Å². The number of nitrogens with one attached hydrogen (secondary N) is 1. The van der Waals surface area contributed by atoms with Gasteiger partial charge in [-0.25, -0.2) is 4.98 Å². The Labute approximate surface area is 162 Å². The molecule has 0 atom stereocenters. The number of pyridine rings is 1. The van der Waals surface area contributed by atoms with Crippen molar-refractivity contribution in [1.82, 2.24) is 14.9 Å². The molecule has 0 saturated carbocycles. The molecule has 0 radical (unpaired) electrons. The minimum atomic E-state index is 0.778. The summed E-state index contributed by atoms with van der Waals surface area (Å²) in [6.45, 7) is 4.43. The molecule has 1 aliphatic rings. The molecular formula is C21H24BrN3O. The fourth-order valence-electron chi connectivity index (χ4n) is 3.61. The molecule has 3 aromatic rings. The molecule has 1 aliphatic heterocycles. The number of aromatic nitrogens is 2. The molecule has 2 aromatic heterocycles. The highest BCUT2D eigenvalue weighted by Gasteiger charge is 2.10. The fraction of sp³-hybridized carbons (Fsp3) is 0.381. The Morgan fingerprint density at radius 2 is 1.92 bits per heavy atom. The molecule has 4 rings (SSSR count). The van der Waals surface area contributed by atoms with Gasteiger partial charge in [-0.15, -0.1) is 0 Å². The number of ether oxygens (including phenoxy) is 1. The highest BCUT2D eigenvalue weighted by Crippen LogP contribution is 2.30. The van der Waals surface area contributed by atoms with E-state index in [1.165, 1.54) is 32.4 Å². The molecule has 1 saturated heterocycles. The molecule has 0 amide bonds. The van der Waals surface area contributed by atoms with Crippen molar-refractivity contribution in [2.75, 3.05) is 26.2 Å². The highest BCUT2D eigenvalue weighted by molar-refractivity contribution is 9.10. The van der Waals surface area contributed by atoms with Crippen LogP contribution in [0, 0.1) is 0 Å². The summed E-state index contributed by atoms with van der Waals surface area (Å²) >= 11 is 3.50. The number of rotatable bonds is 6. The zero-order valence-electron chi connectivity index (χ0n) is 14.9. The van der Waals surface area contributed by atoms with Gasteiger partial charge in [0.05, 0.1) is 6.61 Å². The number of hydrogen-bond donors (Lipinski definition) is 1. The van der Waals surface area contributed by atoms with E-state index < -0.39 is 0 Å². The van der Waals surface area contributed by atoms with Gasteiger partial charge in [-0.3, -0.25) is 0 Å². The lowest BCUT2D eigenvalue weighted by atomic mass is 10.1. The predicted octanol–water partition coefficient (Wildman–Crippen LogP) is 5.25. The van der Waals surface area contributed by atoms with Crippen molar-refractivity contribution < 1.29 is 4.74 Å². The summed E-state index contributed by atoms with van der Waals surface area (Å²) < 4.78 is 6.91. The van der Waals surface area contributed by atoms with Crippen LogP contribution in [-0.4, -0.2) is 41.1 Å². The van der Waals surface area contributed by atoms with Crippen molar-refractivity contribution in [1.29, 1.82) is 0 Å². The molecule has 1 N–H and O–H groups in total. The summed E-state index contributed by atoms with van der Waals surface area (Å²) in [6.07, 6.45) is 9.00. The molecule has 4 nitrogen and oxygen atoms in total. The molecule has 0 aliphatic carbocycles. The van der Waals surface area contributed by atoms with Crippen molar-refractivity contribution in [3.05, 3.63) is 47.2 Å². The second-order valence-corrected chi connectivity index (χ2v) is 7.80. The van der Waals surface area contributed by atoms with Gasteiger partial charge in [-0.2, -0.15) is 0 Å². The van der Waals surface area contributed by atoms with Crippen molar-refractivity contribution in [2.45, 2.75) is 25.7 Å². The van der Waals surface area contributed by atoms with Crippen LogP contribution in [0.25, 0.3) is 22.2 Å². The number of piperidine rings is 1. The Kier molecular flexibility index (Phi) is 5.56. The first kappa shape index (κ1) is 17.6. The third kappa shape index (κ3) is 4.10. The topological polar surface area (TPSA) is 41.1 Å². The van der Waals surface area contributed by atoms with Crippen molar-refractivity contribution in [3.63, 3.8) is 0 Å². The number of likely N-dealkylation sites (tertiary alicyclic amines) is 1. The predicted molar refractivity (Wildman–Crippen MR) is 110 cm³/mol. The first-order chi connectivity index (χ1) is 12.8. The van der Waals surface area contributed by atoms with Gasteiger partial charge >= 0.3 is 0 Å². The van der Waals surface area contributed by atoms with E-state index in [-0.39, 0.29) is 0 Å². The summed E-state index contributed by atoms with van der Waals surface area (Å²) in [7, 11) is 0. The van der Waals surface area contributed by atoms with Crippen LogP contribution < -0.4 is 4.74 Å². The molecular weight excluding hydrogens is 390 g/mol. The summed E-state index contributed by atoms with van der Waals surface area (Å²) in [6, 6.07) is 10.4. The maximum atomic E-state index is 5.92. The lowest BCUT2D eigenvalue weighted by molar-refractivity contribution is 0.205. The van der Waals surface area contributed by atoms with Crippen molar-refractivity contribution in [3.8, 4) is 16.9 Å². The van der Waals surface area contributed by atoms with Gasteiger partial charge in [0.1, 0.15) is 11.4 Å². The summed E-state index contributed by atoms with van der Waals surface area (Å²) in [5, 5.41) is 1.12. The number of halogens is 1. The molecule has 0 bridgehead atoms. The Morgan fingerprint density at radius 3 is 2.73 bits per heavy atom. The van der Waals surface area contributed by atoms with Crippen LogP contribution in [0.3, 0.4) is 0 Å². The first-order valence-corrected chi connectivity index (χ1v) is 10.2. The maximum absolute atomic E-state index is 5.92. The Morgan fingerprint density at radius 1 is 1.12 bits per heavy atom. The fourth-order valence-corrected chi connectivity index (χ4v) is 3.94. The van der Waals surface area contributed by atoms with Gasteiger partial charge < -0.3 is 14.6 Å².